The average Bonchev–Trinajstić information content (AvgIpc) is 3.25. The minimum Gasteiger partial charge on any atom is -0.468 e. The van der Waals surface area contributed by atoms with E-state index in [1.54, 1.807) is 17.2 Å². The number of hydrogen-bond acceptors (Lipinski definition) is 6. The molecule has 0 atom stereocenters. The predicted molar refractivity (Wildman–Crippen MR) is 106 cm³/mol. The van der Waals surface area contributed by atoms with Crippen molar-refractivity contribution in [2.75, 3.05) is 39.3 Å². The van der Waals surface area contributed by atoms with Gasteiger partial charge in [-0.25, -0.2) is 12.8 Å². The van der Waals surface area contributed by atoms with Crippen LogP contribution in [0.2, 0.25) is 0 Å². The van der Waals surface area contributed by atoms with Crippen molar-refractivity contribution in [2.24, 2.45) is 0 Å². The Kier molecular flexibility index (Phi) is 7.20. The molecule has 8 nitrogen and oxygen atoms in total. The summed E-state index contributed by atoms with van der Waals surface area (Å²) in [6.07, 6.45) is 1.85. The first-order valence-corrected chi connectivity index (χ1v) is 11.0. The number of hydrogen-bond donors (Lipinski definition) is 0. The molecule has 0 N–H and O–H groups in total. The summed E-state index contributed by atoms with van der Waals surface area (Å²) in [5.41, 5.74) is 0. The summed E-state index contributed by atoms with van der Waals surface area (Å²) >= 11 is 0. The van der Waals surface area contributed by atoms with Crippen LogP contribution in [0.5, 0.6) is 0 Å². The molecule has 0 saturated carbocycles. The standard InChI is InChI=1S/C20H23FN4O4S/c21-17-4-6-19(7-5-17)30(27,28)25-12-10-24(11-13-25)20(26)16-23(9-2-8-22)15-18-3-1-14-29-18/h1,3-7,14H,2,9-13,15-16H2. The van der Waals surface area contributed by atoms with Crippen molar-refractivity contribution in [3.63, 3.8) is 0 Å². The lowest BCUT2D eigenvalue weighted by Crippen LogP contribution is -2.52. The second-order valence-corrected chi connectivity index (χ2v) is 8.87. The van der Waals surface area contributed by atoms with Gasteiger partial charge >= 0.3 is 0 Å². The highest BCUT2D eigenvalue weighted by Gasteiger charge is 2.30. The number of nitrogens with zero attached hydrogens (tertiary/aromatic N) is 4. The topological polar surface area (TPSA) is 97.9 Å². The number of carbonyl (C=O) groups excluding carboxylic acids is 1. The average molecular weight is 434 g/mol. The van der Waals surface area contributed by atoms with Crippen molar-refractivity contribution in [1.29, 1.82) is 5.26 Å². The van der Waals surface area contributed by atoms with Gasteiger partial charge in [-0.3, -0.25) is 9.69 Å². The first-order chi connectivity index (χ1) is 14.4. The van der Waals surface area contributed by atoms with E-state index in [-0.39, 0.29) is 49.9 Å². The molecule has 1 aliphatic rings. The van der Waals surface area contributed by atoms with Crippen molar-refractivity contribution in [3.05, 3.63) is 54.2 Å². The summed E-state index contributed by atoms with van der Waals surface area (Å²) in [5.74, 6) is 0.0779. The smallest absolute Gasteiger partial charge is 0.243 e. The van der Waals surface area contributed by atoms with Gasteiger partial charge in [0, 0.05) is 39.1 Å². The third-order valence-corrected chi connectivity index (χ3v) is 6.81. The first-order valence-electron chi connectivity index (χ1n) is 9.55. The summed E-state index contributed by atoms with van der Waals surface area (Å²) < 4.78 is 45.1. The van der Waals surface area contributed by atoms with Crippen LogP contribution in [-0.4, -0.2) is 67.7 Å². The Morgan fingerprint density at radius 2 is 1.87 bits per heavy atom. The van der Waals surface area contributed by atoms with E-state index in [1.165, 1.54) is 16.4 Å². The zero-order valence-electron chi connectivity index (χ0n) is 16.4. The van der Waals surface area contributed by atoms with Crippen LogP contribution in [0.1, 0.15) is 12.2 Å². The third-order valence-electron chi connectivity index (χ3n) is 4.90. The van der Waals surface area contributed by atoms with Gasteiger partial charge in [0.15, 0.2) is 0 Å². The molecule has 0 spiro atoms. The lowest BCUT2D eigenvalue weighted by Gasteiger charge is -2.35. The number of nitriles is 1. The normalized spacial score (nSPS) is 15.3. The molecule has 2 heterocycles. The van der Waals surface area contributed by atoms with Crippen molar-refractivity contribution in [2.45, 2.75) is 17.9 Å². The van der Waals surface area contributed by atoms with E-state index in [0.717, 1.165) is 12.1 Å². The Labute approximate surface area is 175 Å². The van der Waals surface area contributed by atoms with Crippen LogP contribution in [0.3, 0.4) is 0 Å². The number of rotatable bonds is 8. The third kappa shape index (κ3) is 5.44. The molecule has 0 radical (unpaired) electrons. The second-order valence-electron chi connectivity index (χ2n) is 6.94. The van der Waals surface area contributed by atoms with Crippen molar-refractivity contribution >= 4 is 15.9 Å². The molecular weight excluding hydrogens is 411 g/mol. The summed E-state index contributed by atoms with van der Waals surface area (Å²) in [6.45, 7) is 1.84. The lowest BCUT2D eigenvalue weighted by atomic mass is 10.3. The highest BCUT2D eigenvalue weighted by Crippen LogP contribution is 2.18. The molecule has 0 unspecified atom stereocenters. The molecule has 1 amide bonds. The Bertz CT molecular complexity index is 979. The molecule has 0 bridgehead atoms. The number of carbonyl (C=O) groups is 1. The molecule has 3 rings (SSSR count). The summed E-state index contributed by atoms with van der Waals surface area (Å²) in [4.78, 5) is 16.2. The molecular formula is C20H23FN4O4S. The fraction of sp³-hybridized carbons (Fsp3) is 0.400. The molecule has 1 aromatic carbocycles. The quantitative estimate of drug-likeness (QED) is 0.627. The zero-order chi connectivity index (χ0) is 21.6. The largest absolute Gasteiger partial charge is 0.468 e. The lowest BCUT2D eigenvalue weighted by molar-refractivity contribution is -0.133. The SMILES string of the molecule is N#CCCN(CC(=O)N1CCN(S(=O)(=O)c2ccc(F)cc2)CC1)Cc1ccco1. The fourth-order valence-electron chi connectivity index (χ4n) is 3.27. The Morgan fingerprint density at radius 1 is 1.17 bits per heavy atom. The maximum Gasteiger partial charge on any atom is 0.243 e. The number of benzene rings is 1. The van der Waals surface area contributed by atoms with Gasteiger partial charge in [0.1, 0.15) is 11.6 Å². The van der Waals surface area contributed by atoms with E-state index in [0.29, 0.717) is 18.8 Å². The van der Waals surface area contributed by atoms with E-state index in [9.17, 15) is 17.6 Å². The van der Waals surface area contributed by atoms with Gasteiger partial charge in [0.2, 0.25) is 15.9 Å². The molecule has 160 valence electrons. The Hall–Kier alpha value is -2.74. The van der Waals surface area contributed by atoms with E-state index < -0.39 is 15.8 Å². The van der Waals surface area contributed by atoms with Gasteiger partial charge in [0.25, 0.3) is 0 Å². The van der Waals surface area contributed by atoms with Crippen LogP contribution < -0.4 is 0 Å². The van der Waals surface area contributed by atoms with Crippen LogP contribution >= 0.6 is 0 Å². The van der Waals surface area contributed by atoms with Crippen LogP contribution in [0.4, 0.5) is 4.39 Å². The van der Waals surface area contributed by atoms with Crippen LogP contribution in [0.15, 0.2) is 52.0 Å². The molecule has 1 fully saturated rings. The Balaban J connectivity index is 1.57. The minimum atomic E-state index is -3.73. The van der Waals surface area contributed by atoms with E-state index >= 15 is 0 Å². The van der Waals surface area contributed by atoms with Gasteiger partial charge in [-0.05, 0) is 36.4 Å². The Morgan fingerprint density at radius 3 is 2.47 bits per heavy atom. The molecule has 1 saturated heterocycles. The highest BCUT2D eigenvalue weighted by atomic mass is 32.2. The minimum absolute atomic E-state index is 0.0322. The van der Waals surface area contributed by atoms with Gasteiger partial charge in [-0.2, -0.15) is 9.57 Å². The maximum atomic E-state index is 13.1. The van der Waals surface area contributed by atoms with E-state index in [1.807, 2.05) is 11.0 Å². The number of halogens is 1. The van der Waals surface area contributed by atoms with Gasteiger partial charge in [-0.15, -0.1) is 0 Å². The molecule has 1 aromatic heterocycles. The van der Waals surface area contributed by atoms with Crippen molar-refractivity contribution in [1.82, 2.24) is 14.1 Å². The van der Waals surface area contributed by atoms with Crippen LogP contribution in [-0.2, 0) is 21.4 Å². The second kappa shape index (κ2) is 9.84. The van der Waals surface area contributed by atoms with Crippen molar-refractivity contribution < 1.29 is 22.0 Å². The van der Waals surface area contributed by atoms with Gasteiger partial charge in [0.05, 0.1) is 30.3 Å². The fourth-order valence-corrected chi connectivity index (χ4v) is 4.69. The maximum absolute atomic E-state index is 13.1. The molecule has 0 aliphatic carbocycles. The predicted octanol–water partition coefficient (Wildman–Crippen LogP) is 1.67. The van der Waals surface area contributed by atoms with Gasteiger partial charge < -0.3 is 9.32 Å². The first kappa shape index (κ1) is 22.0. The number of sulfonamides is 1. The summed E-state index contributed by atoms with van der Waals surface area (Å²) in [6, 6.07) is 10.4. The zero-order valence-corrected chi connectivity index (χ0v) is 17.2. The number of furan rings is 1. The highest BCUT2D eigenvalue weighted by molar-refractivity contribution is 7.89. The molecule has 2 aromatic rings. The number of amides is 1. The molecule has 30 heavy (non-hydrogen) atoms. The van der Waals surface area contributed by atoms with Crippen LogP contribution in [0, 0.1) is 17.1 Å². The monoisotopic (exact) mass is 434 g/mol. The summed E-state index contributed by atoms with van der Waals surface area (Å²) in [5, 5.41) is 8.86. The number of piperazine rings is 1. The van der Waals surface area contributed by atoms with Crippen LogP contribution in [0.25, 0.3) is 0 Å². The molecule has 10 heteroatoms. The van der Waals surface area contributed by atoms with E-state index in [2.05, 4.69) is 6.07 Å². The van der Waals surface area contributed by atoms with E-state index in [4.69, 9.17) is 9.68 Å². The van der Waals surface area contributed by atoms with Gasteiger partial charge in [-0.1, -0.05) is 0 Å². The molecule has 1 aliphatic heterocycles. The van der Waals surface area contributed by atoms with Crippen molar-refractivity contribution in [3.8, 4) is 6.07 Å². The summed E-state index contributed by atoms with van der Waals surface area (Å²) in [7, 11) is -3.73.